The standard InChI is InChI=1S/C12H20N2O3S/c1-2-12(15)14-5-3-11(4-6-14)13-7-9-18(16,17)10-8-13/h2,11H,1,3-10H2. The van der Waals surface area contributed by atoms with Crippen molar-refractivity contribution in [3.8, 4) is 0 Å². The number of carbonyl (C=O) groups is 1. The molecule has 0 aromatic carbocycles. The Morgan fingerprint density at radius 2 is 1.67 bits per heavy atom. The highest BCUT2D eigenvalue weighted by Crippen LogP contribution is 2.19. The van der Waals surface area contributed by atoms with Gasteiger partial charge in [0, 0.05) is 32.2 Å². The van der Waals surface area contributed by atoms with Crippen LogP contribution in [-0.2, 0) is 14.6 Å². The quantitative estimate of drug-likeness (QED) is 0.658. The maximum absolute atomic E-state index is 11.4. The molecule has 0 bridgehead atoms. The monoisotopic (exact) mass is 272 g/mol. The van der Waals surface area contributed by atoms with E-state index in [0.717, 1.165) is 25.9 Å². The summed E-state index contributed by atoms with van der Waals surface area (Å²) >= 11 is 0. The first-order chi connectivity index (χ1) is 8.52. The Morgan fingerprint density at radius 1 is 1.11 bits per heavy atom. The Hall–Kier alpha value is -0.880. The second-order valence-corrected chi connectivity index (χ2v) is 7.25. The Kier molecular flexibility index (Phi) is 4.07. The summed E-state index contributed by atoms with van der Waals surface area (Å²) in [5.41, 5.74) is 0. The van der Waals surface area contributed by atoms with E-state index in [9.17, 15) is 13.2 Å². The van der Waals surface area contributed by atoms with Crippen LogP contribution in [0.5, 0.6) is 0 Å². The van der Waals surface area contributed by atoms with Crippen LogP contribution < -0.4 is 0 Å². The van der Waals surface area contributed by atoms with E-state index in [0.29, 0.717) is 19.1 Å². The zero-order valence-corrected chi connectivity index (χ0v) is 11.4. The summed E-state index contributed by atoms with van der Waals surface area (Å²) in [5, 5.41) is 0. The summed E-state index contributed by atoms with van der Waals surface area (Å²) in [4.78, 5) is 15.5. The van der Waals surface area contributed by atoms with Crippen molar-refractivity contribution < 1.29 is 13.2 Å². The van der Waals surface area contributed by atoms with Gasteiger partial charge >= 0.3 is 0 Å². The van der Waals surface area contributed by atoms with E-state index >= 15 is 0 Å². The number of amides is 1. The van der Waals surface area contributed by atoms with Gasteiger partial charge < -0.3 is 4.90 Å². The summed E-state index contributed by atoms with van der Waals surface area (Å²) < 4.78 is 22.7. The smallest absolute Gasteiger partial charge is 0.245 e. The molecule has 0 aliphatic carbocycles. The van der Waals surface area contributed by atoms with E-state index in [1.165, 1.54) is 6.08 Å². The molecule has 18 heavy (non-hydrogen) atoms. The summed E-state index contributed by atoms with van der Waals surface area (Å²) in [6.07, 6.45) is 3.22. The Bertz CT molecular complexity index is 411. The van der Waals surface area contributed by atoms with Crippen molar-refractivity contribution in [2.75, 3.05) is 37.7 Å². The minimum absolute atomic E-state index is 0.00493. The van der Waals surface area contributed by atoms with Crippen LogP contribution in [-0.4, -0.2) is 67.9 Å². The summed E-state index contributed by atoms with van der Waals surface area (Å²) in [6, 6.07) is 0.425. The zero-order chi connectivity index (χ0) is 13.2. The van der Waals surface area contributed by atoms with Gasteiger partial charge in [-0.1, -0.05) is 6.58 Å². The van der Waals surface area contributed by atoms with Crippen molar-refractivity contribution in [2.24, 2.45) is 0 Å². The molecule has 6 heteroatoms. The molecule has 2 rings (SSSR count). The van der Waals surface area contributed by atoms with Gasteiger partial charge in [-0.05, 0) is 18.9 Å². The van der Waals surface area contributed by atoms with Gasteiger partial charge in [-0.3, -0.25) is 9.69 Å². The summed E-state index contributed by atoms with van der Waals surface area (Å²) in [5.74, 6) is 0.548. The van der Waals surface area contributed by atoms with Crippen LogP contribution in [0.15, 0.2) is 12.7 Å². The average Bonchev–Trinajstić information content (AvgIpc) is 2.38. The highest BCUT2D eigenvalue weighted by molar-refractivity contribution is 7.91. The molecule has 0 N–H and O–H groups in total. The van der Waals surface area contributed by atoms with E-state index in [1.807, 2.05) is 4.90 Å². The number of hydrogen-bond acceptors (Lipinski definition) is 4. The van der Waals surface area contributed by atoms with E-state index in [-0.39, 0.29) is 17.4 Å². The van der Waals surface area contributed by atoms with Crippen molar-refractivity contribution in [3.63, 3.8) is 0 Å². The van der Waals surface area contributed by atoms with Gasteiger partial charge in [0.15, 0.2) is 9.84 Å². The molecule has 0 spiro atoms. The molecule has 0 atom stereocenters. The lowest BCUT2D eigenvalue weighted by Gasteiger charge is -2.39. The largest absolute Gasteiger partial charge is 0.339 e. The topological polar surface area (TPSA) is 57.7 Å². The molecule has 1 amide bonds. The van der Waals surface area contributed by atoms with E-state index in [4.69, 9.17) is 0 Å². The van der Waals surface area contributed by atoms with Crippen LogP contribution in [0.2, 0.25) is 0 Å². The van der Waals surface area contributed by atoms with Gasteiger partial charge in [0.05, 0.1) is 11.5 Å². The molecule has 0 radical (unpaired) electrons. The SMILES string of the molecule is C=CC(=O)N1CCC(N2CCS(=O)(=O)CC2)CC1. The lowest BCUT2D eigenvalue weighted by molar-refractivity contribution is -0.127. The Labute approximate surface area is 108 Å². The molecule has 102 valence electrons. The number of nitrogens with zero attached hydrogens (tertiary/aromatic N) is 2. The van der Waals surface area contributed by atoms with Crippen LogP contribution >= 0.6 is 0 Å². The highest BCUT2D eigenvalue weighted by Gasteiger charge is 2.30. The number of sulfone groups is 1. The van der Waals surface area contributed by atoms with E-state index in [2.05, 4.69) is 11.5 Å². The maximum Gasteiger partial charge on any atom is 0.245 e. The molecule has 2 saturated heterocycles. The van der Waals surface area contributed by atoms with Crippen molar-refractivity contribution in [2.45, 2.75) is 18.9 Å². The first-order valence-electron chi connectivity index (χ1n) is 6.37. The van der Waals surface area contributed by atoms with Crippen LogP contribution in [0.3, 0.4) is 0 Å². The van der Waals surface area contributed by atoms with Crippen molar-refractivity contribution in [1.29, 1.82) is 0 Å². The number of hydrogen-bond donors (Lipinski definition) is 0. The molecule has 0 aromatic heterocycles. The number of carbonyl (C=O) groups excluding carboxylic acids is 1. The second-order valence-electron chi connectivity index (χ2n) is 4.95. The predicted molar refractivity (Wildman–Crippen MR) is 70.0 cm³/mol. The molecule has 0 saturated carbocycles. The lowest BCUT2D eigenvalue weighted by atomic mass is 10.0. The number of rotatable bonds is 2. The van der Waals surface area contributed by atoms with Gasteiger partial charge in [-0.2, -0.15) is 0 Å². The van der Waals surface area contributed by atoms with Crippen molar-refractivity contribution in [1.82, 2.24) is 9.80 Å². The minimum Gasteiger partial charge on any atom is -0.339 e. The molecule has 2 heterocycles. The molecule has 0 unspecified atom stereocenters. The maximum atomic E-state index is 11.4. The second kappa shape index (κ2) is 5.40. The Morgan fingerprint density at radius 3 is 2.17 bits per heavy atom. The molecular formula is C12H20N2O3S. The van der Waals surface area contributed by atoms with Crippen molar-refractivity contribution >= 4 is 15.7 Å². The van der Waals surface area contributed by atoms with Gasteiger partial charge in [-0.15, -0.1) is 0 Å². The first-order valence-corrected chi connectivity index (χ1v) is 8.20. The summed E-state index contributed by atoms with van der Waals surface area (Å²) in [7, 11) is -2.80. The lowest BCUT2D eigenvalue weighted by Crippen LogP contribution is -2.51. The zero-order valence-electron chi connectivity index (χ0n) is 10.5. The molecule has 0 aromatic rings. The number of piperidine rings is 1. The summed E-state index contributed by atoms with van der Waals surface area (Å²) in [6.45, 7) is 6.27. The third kappa shape index (κ3) is 3.11. The normalized spacial score (nSPS) is 25.9. The fraction of sp³-hybridized carbons (Fsp3) is 0.750. The third-order valence-electron chi connectivity index (χ3n) is 3.85. The molecular weight excluding hydrogens is 252 g/mol. The molecule has 5 nitrogen and oxygen atoms in total. The van der Waals surface area contributed by atoms with Gasteiger partial charge in [-0.25, -0.2) is 8.42 Å². The van der Waals surface area contributed by atoms with Crippen LogP contribution in [0, 0.1) is 0 Å². The van der Waals surface area contributed by atoms with E-state index < -0.39 is 9.84 Å². The average molecular weight is 272 g/mol. The van der Waals surface area contributed by atoms with Gasteiger partial charge in [0.25, 0.3) is 0 Å². The highest BCUT2D eigenvalue weighted by atomic mass is 32.2. The van der Waals surface area contributed by atoms with E-state index in [1.54, 1.807) is 0 Å². The van der Waals surface area contributed by atoms with Gasteiger partial charge in [0.2, 0.25) is 5.91 Å². The molecule has 2 fully saturated rings. The predicted octanol–water partition coefficient (Wildman–Crippen LogP) is -0.106. The fourth-order valence-corrected chi connectivity index (χ4v) is 3.90. The fourth-order valence-electron chi connectivity index (χ4n) is 2.67. The number of likely N-dealkylation sites (tertiary alicyclic amines) is 1. The van der Waals surface area contributed by atoms with Crippen LogP contribution in [0.25, 0.3) is 0 Å². The van der Waals surface area contributed by atoms with Crippen LogP contribution in [0.4, 0.5) is 0 Å². The van der Waals surface area contributed by atoms with Gasteiger partial charge in [0.1, 0.15) is 0 Å². The Balaban J connectivity index is 1.84. The van der Waals surface area contributed by atoms with Crippen molar-refractivity contribution in [3.05, 3.63) is 12.7 Å². The molecule has 2 aliphatic rings. The minimum atomic E-state index is -2.80. The third-order valence-corrected chi connectivity index (χ3v) is 5.46. The van der Waals surface area contributed by atoms with Crippen LogP contribution in [0.1, 0.15) is 12.8 Å². The first kappa shape index (κ1) is 13.5. The molecule has 2 aliphatic heterocycles.